The second kappa shape index (κ2) is 7.19. The van der Waals surface area contributed by atoms with Crippen LogP contribution in [-0.4, -0.2) is 37.3 Å². The number of alkyl halides is 3. The Morgan fingerprint density at radius 2 is 2.00 bits per heavy atom. The number of amides is 1. The maximum Gasteiger partial charge on any atom is 0.416 e. The third-order valence-corrected chi connectivity index (χ3v) is 5.30. The van der Waals surface area contributed by atoms with Crippen LogP contribution in [0, 0.1) is 12.7 Å². The van der Waals surface area contributed by atoms with E-state index in [9.17, 15) is 22.4 Å². The summed E-state index contributed by atoms with van der Waals surface area (Å²) in [6, 6.07) is 5.51. The minimum atomic E-state index is -4.54. The largest absolute Gasteiger partial charge is 0.416 e. The zero-order chi connectivity index (χ0) is 21.6. The van der Waals surface area contributed by atoms with E-state index in [1.807, 2.05) is 0 Å². The Balaban J connectivity index is 1.67. The Bertz CT molecular complexity index is 1120. The summed E-state index contributed by atoms with van der Waals surface area (Å²) in [5.74, 6) is -0.704. The van der Waals surface area contributed by atoms with Crippen molar-refractivity contribution in [1.82, 2.24) is 24.9 Å². The van der Waals surface area contributed by atoms with E-state index in [2.05, 4.69) is 15.3 Å². The minimum Gasteiger partial charge on any atom is -0.330 e. The topological polar surface area (TPSA) is 63.9 Å². The van der Waals surface area contributed by atoms with Crippen LogP contribution in [0.25, 0.3) is 5.82 Å². The first-order valence-electron chi connectivity index (χ1n) is 9.22. The van der Waals surface area contributed by atoms with Crippen molar-refractivity contribution in [3.05, 3.63) is 70.4 Å². The lowest BCUT2D eigenvalue weighted by Crippen LogP contribution is -2.39. The van der Waals surface area contributed by atoms with Gasteiger partial charge < -0.3 is 4.90 Å². The number of hydrogen-bond donors (Lipinski definition) is 0. The van der Waals surface area contributed by atoms with E-state index in [1.165, 1.54) is 47.0 Å². The molecule has 0 saturated heterocycles. The smallest absolute Gasteiger partial charge is 0.330 e. The van der Waals surface area contributed by atoms with E-state index in [0.29, 0.717) is 17.8 Å². The second-order valence-corrected chi connectivity index (χ2v) is 7.07. The molecule has 0 aliphatic carbocycles. The zero-order valence-electron chi connectivity index (χ0n) is 16.1. The Morgan fingerprint density at radius 1 is 1.23 bits per heavy atom. The number of halogens is 4. The summed E-state index contributed by atoms with van der Waals surface area (Å²) in [6.07, 6.45) is -2.87. The molecule has 1 unspecified atom stereocenters. The van der Waals surface area contributed by atoms with Crippen LogP contribution >= 0.6 is 0 Å². The average Bonchev–Trinajstić information content (AvgIpc) is 3.12. The number of benzene rings is 1. The van der Waals surface area contributed by atoms with Gasteiger partial charge in [0.2, 0.25) is 0 Å². The second-order valence-electron chi connectivity index (χ2n) is 7.07. The van der Waals surface area contributed by atoms with Gasteiger partial charge in [-0.25, -0.2) is 9.37 Å². The highest BCUT2D eigenvalue weighted by Gasteiger charge is 2.37. The van der Waals surface area contributed by atoms with Crippen LogP contribution in [0.15, 0.2) is 36.5 Å². The SMILES string of the molecule is Cc1c(C(=O)N2CCc3c(nnn3-c3cc(F)ccn3)C2C)cccc1C(F)(F)F. The Labute approximate surface area is 169 Å². The lowest BCUT2D eigenvalue weighted by Gasteiger charge is -2.33. The third-order valence-electron chi connectivity index (χ3n) is 5.30. The van der Waals surface area contributed by atoms with Crippen LogP contribution in [-0.2, 0) is 12.6 Å². The average molecular weight is 419 g/mol. The van der Waals surface area contributed by atoms with Crippen LogP contribution in [0.2, 0.25) is 0 Å². The first-order chi connectivity index (χ1) is 14.2. The predicted molar refractivity (Wildman–Crippen MR) is 98.4 cm³/mol. The van der Waals surface area contributed by atoms with Gasteiger partial charge >= 0.3 is 6.18 Å². The molecule has 0 N–H and O–H groups in total. The first kappa shape index (κ1) is 20.0. The van der Waals surface area contributed by atoms with Crippen molar-refractivity contribution in [2.45, 2.75) is 32.5 Å². The summed E-state index contributed by atoms with van der Waals surface area (Å²) in [5.41, 5.74) is 0.248. The highest BCUT2D eigenvalue weighted by atomic mass is 19.4. The summed E-state index contributed by atoms with van der Waals surface area (Å²) < 4.78 is 54.6. The fourth-order valence-corrected chi connectivity index (χ4v) is 3.74. The normalized spacial score (nSPS) is 16.5. The molecule has 6 nitrogen and oxygen atoms in total. The Morgan fingerprint density at radius 3 is 2.70 bits per heavy atom. The molecule has 1 aliphatic heterocycles. The number of aromatic nitrogens is 4. The molecule has 0 saturated carbocycles. The number of fused-ring (bicyclic) bond motifs is 1. The van der Waals surface area contributed by atoms with Crippen LogP contribution in [0.3, 0.4) is 0 Å². The number of rotatable bonds is 2. The summed E-state index contributed by atoms with van der Waals surface area (Å²) in [6.45, 7) is 3.28. The van der Waals surface area contributed by atoms with Crippen molar-refractivity contribution >= 4 is 5.91 Å². The van der Waals surface area contributed by atoms with Crippen molar-refractivity contribution in [3.8, 4) is 5.82 Å². The van der Waals surface area contributed by atoms with Gasteiger partial charge in [-0.3, -0.25) is 4.79 Å². The van der Waals surface area contributed by atoms with Crippen molar-refractivity contribution in [1.29, 1.82) is 0 Å². The highest BCUT2D eigenvalue weighted by molar-refractivity contribution is 5.96. The number of carbonyl (C=O) groups is 1. The number of hydrogen-bond acceptors (Lipinski definition) is 4. The van der Waals surface area contributed by atoms with Crippen molar-refractivity contribution in [3.63, 3.8) is 0 Å². The monoisotopic (exact) mass is 419 g/mol. The number of pyridine rings is 1. The predicted octanol–water partition coefficient (Wildman–Crippen LogP) is 3.89. The Kier molecular flexibility index (Phi) is 4.79. The van der Waals surface area contributed by atoms with Gasteiger partial charge in [-0.1, -0.05) is 11.3 Å². The van der Waals surface area contributed by atoms with Crippen LogP contribution < -0.4 is 0 Å². The van der Waals surface area contributed by atoms with E-state index < -0.39 is 29.5 Å². The third kappa shape index (κ3) is 3.31. The van der Waals surface area contributed by atoms with Gasteiger partial charge in [-0.05, 0) is 37.6 Å². The standard InChI is InChI=1S/C20H17F4N5O/c1-11-14(4-3-5-15(11)20(22,23)24)19(30)28-9-7-16-18(12(28)2)26-27-29(16)17-10-13(21)6-8-25-17/h3-6,8,10,12H,7,9H2,1-2H3. The molecule has 1 aromatic carbocycles. The summed E-state index contributed by atoms with van der Waals surface area (Å²) >= 11 is 0. The van der Waals surface area contributed by atoms with E-state index in [0.717, 1.165) is 6.07 Å². The molecular weight excluding hydrogens is 402 g/mol. The van der Waals surface area contributed by atoms with E-state index in [4.69, 9.17) is 0 Å². The molecule has 0 fully saturated rings. The summed E-state index contributed by atoms with van der Waals surface area (Å²) in [7, 11) is 0. The van der Waals surface area contributed by atoms with Crippen molar-refractivity contribution < 1.29 is 22.4 Å². The van der Waals surface area contributed by atoms with Crippen LogP contribution in [0.5, 0.6) is 0 Å². The van der Waals surface area contributed by atoms with Crippen LogP contribution in [0.4, 0.5) is 17.6 Å². The highest BCUT2D eigenvalue weighted by Crippen LogP contribution is 2.35. The minimum absolute atomic E-state index is 0.000635. The van der Waals surface area contributed by atoms with Crippen LogP contribution in [0.1, 0.15) is 45.8 Å². The molecule has 4 rings (SSSR count). The molecule has 2 aromatic heterocycles. The van der Waals surface area contributed by atoms with Gasteiger partial charge in [0, 0.05) is 30.8 Å². The quantitative estimate of drug-likeness (QED) is 0.592. The fraction of sp³-hybridized carbons (Fsp3) is 0.300. The molecule has 0 spiro atoms. The lowest BCUT2D eigenvalue weighted by molar-refractivity contribution is -0.138. The van der Waals surface area contributed by atoms with Crippen molar-refractivity contribution in [2.75, 3.05) is 6.54 Å². The molecule has 1 amide bonds. The first-order valence-corrected chi connectivity index (χ1v) is 9.22. The molecule has 0 bridgehead atoms. The Hall–Kier alpha value is -3.30. The maximum atomic E-state index is 13.5. The number of nitrogens with zero attached hydrogens (tertiary/aromatic N) is 5. The molecule has 3 aromatic rings. The fourth-order valence-electron chi connectivity index (χ4n) is 3.74. The van der Waals surface area contributed by atoms with Gasteiger partial charge in [0.25, 0.3) is 5.91 Å². The van der Waals surface area contributed by atoms with E-state index in [1.54, 1.807) is 6.92 Å². The van der Waals surface area contributed by atoms with Gasteiger partial charge in [0.1, 0.15) is 11.5 Å². The molecule has 1 atom stereocenters. The molecule has 10 heteroatoms. The van der Waals surface area contributed by atoms with Gasteiger partial charge in [0.15, 0.2) is 5.82 Å². The molecule has 3 heterocycles. The molecule has 0 radical (unpaired) electrons. The van der Waals surface area contributed by atoms with Gasteiger partial charge in [-0.15, -0.1) is 5.10 Å². The van der Waals surface area contributed by atoms with E-state index in [-0.39, 0.29) is 23.5 Å². The molecular formula is C20H17F4N5O. The maximum absolute atomic E-state index is 13.5. The van der Waals surface area contributed by atoms with Gasteiger partial charge in [-0.2, -0.15) is 17.9 Å². The molecule has 156 valence electrons. The molecule has 30 heavy (non-hydrogen) atoms. The summed E-state index contributed by atoms with van der Waals surface area (Å²) in [5, 5.41) is 8.17. The van der Waals surface area contributed by atoms with Crippen molar-refractivity contribution in [2.24, 2.45) is 0 Å². The molecule has 1 aliphatic rings. The lowest BCUT2D eigenvalue weighted by atomic mass is 9.98. The van der Waals surface area contributed by atoms with E-state index >= 15 is 0 Å². The summed E-state index contributed by atoms with van der Waals surface area (Å²) in [4.78, 5) is 18.7. The van der Waals surface area contributed by atoms with Gasteiger partial charge in [0.05, 0.1) is 17.3 Å². The zero-order valence-corrected chi connectivity index (χ0v) is 16.1. The number of carbonyl (C=O) groups excluding carboxylic acids is 1.